The number of benzene rings is 2. The molecule has 0 aromatic heterocycles. The van der Waals surface area contributed by atoms with E-state index < -0.39 is 5.97 Å². The fraction of sp³-hybridized carbons (Fsp3) is 0.333. The van der Waals surface area contributed by atoms with Gasteiger partial charge in [-0.25, -0.2) is 0 Å². The molecule has 1 amide bonds. The zero-order valence-corrected chi connectivity index (χ0v) is 12.8. The minimum atomic E-state index is -0.895. The van der Waals surface area contributed by atoms with Gasteiger partial charge in [0.15, 0.2) is 0 Å². The monoisotopic (exact) mass is 299 g/mol. The first-order valence-corrected chi connectivity index (χ1v) is 7.63. The van der Waals surface area contributed by atoms with E-state index in [1.165, 1.54) is 0 Å². The van der Waals surface area contributed by atoms with Gasteiger partial charge in [-0.15, -0.1) is 0 Å². The molecule has 4 heteroatoms. The quantitative estimate of drug-likeness (QED) is 0.845. The van der Waals surface area contributed by atoms with Gasteiger partial charge < -0.3 is 10.0 Å². The Kier molecular flexibility index (Phi) is 5.53. The van der Waals surface area contributed by atoms with Crippen LogP contribution in [0.4, 0.5) is 5.69 Å². The molecule has 2 aromatic rings. The van der Waals surface area contributed by atoms with Crippen molar-refractivity contribution in [2.24, 2.45) is 0 Å². The number of anilines is 1. The number of aliphatic carboxylic acids is 1. The minimum Gasteiger partial charge on any atom is -0.481 e. The number of hydrogen-bond acceptors (Lipinski definition) is 2. The topological polar surface area (TPSA) is 57.6 Å². The van der Waals surface area contributed by atoms with Crippen LogP contribution in [0.3, 0.4) is 0 Å². The molecule has 0 atom stereocenters. The molecule has 0 radical (unpaired) electrons. The van der Waals surface area contributed by atoms with Crippen molar-refractivity contribution in [2.75, 3.05) is 11.4 Å². The van der Waals surface area contributed by atoms with Crippen LogP contribution in [0.2, 0.25) is 0 Å². The van der Waals surface area contributed by atoms with Gasteiger partial charge >= 0.3 is 5.97 Å². The second-order valence-corrected chi connectivity index (χ2v) is 5.29. The van der Waals surface area contributed by atoms with Crippen molar-refractivity contribution in [3.05, 3.63) is 42.5 Å². The molecule has 1 N–H and O–H groups in total. The molecule has 0 saturated heterocycles. The van der Waals surface area contributed by atoms with Gasteiger partial charge in [0.05, 0.1) is 12.1 Å². The summed E-state index contributed by atoms with van der Waals surface area (Å²) in [7, 11) is 0. The van der Waals surface area contributed by atoms with E-state index in [-0.39, 0.29) is 18.9 Å². The maximum absolute atomic E-state index is 12.5. The molecule has 116 valence electrons. The molecule has 0 aliphatic carbocycles. The lowest BCUT2D eigenvalue weighted by Crippen LogP contribution is -2.33. The van der Waals surface area contributed by atoms with E-state index in [4.69, 9.17) is 5.11 Å². The third-order valence-corrected chi connectivity index (χ3v) is 3.65. The molecule has 0 heterocycles. The summed E-state index contributed by atoms with van der Waals surface area (Å²) < 4.78 is 0. The standard InChI is InChI=1S/C18H21NO3/c1-2-3-11-17(20)19(13-12-18(21)22)16-10-6-8-14-7-4-5-9-15(14)16/h4-10H,2-3,11-13H2,1H3,(H,21,22). The van der Waals surface area contributed by atoms with Crippen LogP contribution in [0, 0.1) is 0 Å². The van der Waals surface area contributed by atoms with E-state index in [2.05, 4.69) is 0 Å². The zero-order chi connectivity index (χ0) is 15.9. The number of carboxylic acids is 1. The van der Waals surface area contributed by atoms with E-state index in [0.717, 1.165) is 29.3 Å². The van der Waals surface area contributed by atoms with E-state index in [1.807, 2.05) is 49.4 Å². The number of amides is 1. The van der Waals surface area contributed by atoms with Crippen molar-refractivity contribution >= 4 is 28.3 Å². The van der Waals surface area contributed by atoms with Gasteiger partial charge in [-0.3, -0.25) is 9.59 Å². The summed E-state index contributed by atoms with van der Waals surface area (Å²) in [6, 6.07) is 13.6. The third-order valence-electron chi connectivity index (χ3n) is 3.65. The number of carbonyl (C=O) groups is 2. The fourth-order valence-electron chi connectivity index (χ4n) is 2.49. The van der Waals surface area contributed by atoms with Crippen LogP contribution in [0.5, 0.6) is 0 Å². The molecule has 0 spiro atoms. The molecule has 0 aliphatic rings. The molecule has 0 aliphatic heterocycles. The molecule has 2 rings (SSSR count). The Balaban J connectivity index is 2.37. The van der Waals surface area contributed by atoms with E-state index >= 15 is 0 Å². The Bertz CT molecular complexity index is 661. The number of hydrogen-bond donors (Lipinski definition) is 1. The second kappa shape index (κ2) is 7.59. The Morgan fingerprint density at radius 1 is 1.05 bits per heavy atom. The van der Waals surface area contributed by atoms with Crippen LogP contribution < -0.4 is 4.90 Å². The summed E-state index contributed by atoms with van der Waals surface area (Å²) in [5, 5.41) is 11.0. The molecular formula is C18H21NO3. The van der Waals surface area contributed by atoms with Crippen molar-refractivity contribution in [1.29, 1.82) is 0 Å². The Morgan fingerprint density at radius 3 is 2.50 bits per heavy atom. The smallest absolute Gasteiger partial charge is 0.305 e. The SMILES string of the molecule is CCCCC(=O)N(CCC(=O)O)c1cccc2ccccc12. The summed E-state index contributed by atoms with van der Waals surface area (Å²) in [5.74, 6) is -0.909. The van der Waals surface area contributed by atoms with Crippen molar-refractivity contribution in [3.8, 4) is 0 Å². The van der Waals surface area contributed by atoms with Crippen LogP contribution in [-0.4, -0.2) is 23.5 Å². The molecule has 0 saturated carbocycles. The highest BCUT2D eigenvalue weighted by Crippen LogP contribution is 2.27. The van der Waals surface area contributed by atoms with Gasteiger partial charge in [-0.1, -0.05) is 49.7 Å². The predicted molar refractivity (Wildman–Crippen MR) is 88.1 cm³/mol. The molecule has 22 heavy (non-hydrogen) atoms. The average Bonchev–Trinajstić information content (AvgIpc) is 2.53. The predicted octanol–water partition coefficient (Wildman–Crippen LogP) is 3.84. The maximum atomic E-state index is 12.5. The summed E-state index contributed by atoms with van der Waals surface area (Å²) >= 11 is 0. The highest BCUT2D eigenvalue weighted by molar-refractivity contribution is 6.03. The van der Waals surface area contributed by atoms with Crippen molar-refractivity contribution in [1.82, 2.24) is 0 Å². The van der Waals surface area contributed by atoms with E-state index in [0.29, 0.717) is 6.42 Å². The van der Waals surface area contributed by atoms with Crippen LogP contribution >= 0.6 is 0 Å². The summed E-state index contributed by atoms with van der Waals surface area (Å²) in [6.07, 6.45) is 2.14. The van der Waals surface area contributed by atoms with Gasteiger partial charge in [0.1, 0.15) is 0 Å². The molecule has 2 aromatic carbocycles. The first-order chi connectivity index (χ1) is 10.6. The first-order valence-electron chi connectivity index (χ1n) is 7.63. The molecule has 0 bridgehead atoms. The van der Waals surface area contributed by atoms with E-state index in [1.54, 1.807) is 4.90 Å². The summed E-state index contributed by atoms with van der Waals surface area (Å²) in [5.41, 5.74) is 0.792. The lowest BCUT2D eigenvalue weighted by Gasteiger charge is -2.24. The lowest BCUT2D eigenvalue weighted by molar-refractivity contribution is -0.136. The van der Waals surface area contributed by atoms with Crippen molar-refractivity contribution in [2.45, 2.75) is 32.6 Å². The molecule has 4 nitrogen and oxygen atoms in total. The lowest BCUT2D eigenvalue weighted by atomic mass is 10.1. The van der Waals surface area contributed by atoms with Gasteiger partial charge in [-0.2, -0.15) is 0 Å². The maximum Gasteiger partial charge on any atom is 0.305 e. The average molecular weight is 299 g/mol. The van der Waals surface area contributed by atoms with Crippen LogP contribution in [0.15, 0.2) is 42.5 Å². The molecule has 0 fully saturated rings. The Morgan fingerprint density at radius 2 is 1.77 bits per heavy atom. The Labute approximate surface area is 130 Å². The molecule has 0 unspecified atom stereocenters. The number of unbranched alkanes of at least 4 members (excludes halogenated alkanes) is 1. The summed E-state index contributed by atoms with van der Waals surface area (Å²) in [6.45, 7) is 2.23. The normalized spacial score (nSPS) is 10.6. The van der Waals surface area contributed by atoms with Crippen molar-refractivity contribution < 1.29 is 14.7 Å². The molecular weight excluding hydrogens is 278 g/mol. The number of fused-ring (bicyclic) bond motifs is 1. The number of carbonyl (C=O) groups excluding carboxylic acids is 1. The van der Waals surface area contributed by atoms with Gasteiger partial charge in [-0.05, 0) is 17.9 Å². The third kappa shape index (κ3) is 3.85. The van der Waals surface area contributed by atoms with Crippen molar-refractivity contribution in [3.63, 3.8) is 0 Å². The Hall–Kier alpha value is -2.36. The number of nitrogens with zero attached hydrogens (tertiary/aromatic N) is 1. The highest BCUT2D eigenvalue weighted by Gasteiger charge is 2.18. The fourth-order valence-corrected chi connectivity index (χ4v) is 2.49. The van der Waals surface area contributed by atoms with Crippen LogP contribution in [0.25, 0.3) is 10.8 Å². The van der Waals surface area contributed by atoms with Crippen LogP contribution in [0.1, 0.15) is 32.6 Å². The number of carboxylic acid groups (broad SMARTS) is 1. The zero-order valence-electron chi connectivity index (χ0n) is 12.8. The van der Waals surface area contributed by atoms with Gasteiger partial charge in [0.2, 0.25) is 5.91 Å². The first kappa shape index (κ1) is 16.0. The van der Waals surface area contributed by atoms with E-state index in [9.17, 15) is 9.59 Å². The van der Waals surface area contributed by atoms with Gasteiger partial charge in [0, 0.05) is 18.4 Å². The highest BCUT2D eigenvalue weighted by atomic mass is 16.4. The minimum absolute atomic E-state index is 0.0144. The largest absolute Gasteiger partial charge is 0.481 e. The van der Waals surface area contributed by atoms with Crippen LogP contribution in [-0.2, 0) is 9.59 Å². The second-order valence-electron chi connectivity index (χ2n) is 5.29. The summed E-state index contributed by atoms with van der Waals surface area (Å²) in [4.78, 5) is 25.0. The van der Waals surface area contributed by atoms with Gasteiger partial charge in [0.25, 0.3) is 0 Å². The number of rotatable bonds is 7.